The van der Waals surface area contributed by atoms with Gasteiger partial charge in [-0.05, 0) is 30.3 Å². The first kappa shape index (κ1) is 22.2. The fraction of sp³-hybridized carbons (Fsp3) is 0.263. The van der Waals surface area contributed by atoms with E-state index < -0.39 is 24.7 Å². The second kappa shape index (κ2) is 9.08. The van der Waals surface area contributed by atoms with Crippen molar-refractivity contribution in [1.29, 1.82) is 0 Å². The number of benzene rings is 1. The van der Waals surface area contributed by atoms with Gasteiger partial charge in [0.15, 0.2) is 6.10 Å². The van der Waals surface area contributed by atoms with Gasteiger partial charge in [0.25, 0.3) is 5.91 Å². The van der Waals surface area contributed by atoms with Crippen LogP contribution in [0, 0.1) is 5.82 Å². The van der Waals surface area contributed by atoms with Crippen LogP contribution in [0.2, 0.25) is 0 Å². The third-order valence-electron chi connectivity index (χ3n) is 4.25. The molecule has 2 heterocycles. The van der Waals surface area contributed by atoms with Crippen LogP contribution in [0.3, 0.4) is 0 Å². The number of hydrogen-bond donors (Lipinski definition) is 2. The zero-order valence-electron chi connectivity index (χ0n) is 16.1. The van der Waals surface area contributed by atoms with E-state index in [-0.39, 0.29) is 23.9 Å². The van der Waals surface area contributed by atoms with Crippen molar-refractivity contribution in [2.75, 3.05) is 6.54 Å². The number of carbonyl (C=O) groups is 1. The lowest BCUT2D eigenvalue weighted by Crippen LogP contribution is -2.40. The Balaban J connectivity index is 1.62. The van der Waals surface area contributed by atoms with Crippen molar-refractivity contribution >= 4 is 5.91 Å². The number of alkyl halides is 3. The maximum absolute atomic E-state index is 13.1. The molecule has 0 saturated heterocycles. The van der Waals surface area contributed by atoms with Gasteiger partial charge in [-0.2, -0.15) is 13.2 Å². The standard InChI is InChI=1S/C19H17F4N5O3/c1-28-14(17(26-27-28)11-2-5-13(20)6-3-11)10-31-16-7-4-12(8-24-16)18(30)25-9-15(29)19(21,22)23/h2-8,15,29H,9-10H2,1H3,(H,25,30). The minimum absolute atomic E-state index is 0.00377. The number of aryl methyl sites for hydroxylation is 1. The van der Waals surface area contributed by atoms with E-state index in [1.54, 1.807) is 19.2 Å². The molecule has 2 aromatic heterocycles. The molecule has 2 N–H and O–H groups in total. The van der Waals surface area contributed by atoms with Gasteiger partial charge in [-0.1, -0.05) is 5.21 Å². The molecule has 0 saturated carbocycles. The zero-order chi connectivity index (χ0) is 22.6. The number of aromatic nitrogens is 4. The minimum atomic E-state index is -4.82. The molecule has 0 aliphatic carbocycles. The summed E-state index contributed by atoms with van der Waals surface area (Å²) in [6.45, 7) is -0.952. The first-order valence-corrected chi connectivity index (χ1v) is 8.91. The van der Waals surface area contributed by atoms with Crippen LogP contribution in [0.4, 0.5) is 17.6 Å². The van der Waals surface area contributed by atoms with Gasteiger partial charge in [0.1, 0.15) is 23.8 Å². The Kier molecular flexibility index (Phi) is 6.49. The van der Waals surface area contributed by atoms with E-state index in [0.29, 0.717) is 17.0 Å². The van der Waals surface area contributed by atoms with Gasteiger partial charge in [-0.3, -0.25) is 4.79 Å². The van der Waals surface area contributed by atoms with Crippen molar-refractivity contribution < 1.29 is 32.2 Å². The number of nitrogens with one attached hydrogen (secondary N) is 1. The summed E-state index contributed by atoms with van der Waals surface area (Å²) in [5.74, 6) is -1.05. The summed E-state index contributed by atoms with van der Waals surface area (Å²) in [6, 6.07) is 8.41. The Morgan fingerprint density at radius 3 is 2.55 bits per heavy atom. The fourth-order valence-corrected chi connectivity index (χ4v) is 2.52. The summed E-state index contributed by atoms with van der Waals surface area (Å²) in [7, 11) is 1.66. The predicted molar refractivity (Wildman–Crippen MR) is 99.4 cm³/mol. The van der Waals surface area contributed by atoms with Crippen LogP contribution in [-0.2, 0) is 13.7 Å². The highest BCUT2D eigenvalue weighted by atomic mass is 19.4. The Hall–Kier alpha value is -3.54. The first-order valence-electron chi connectivity index (χ1n) is 8.91. The van der Waals surface area contributed by atoms with Gasteiger partial charge in [-0.15, -0.1) is 5.10 Å². The summed E-state index contributed by atoms with van der Waals surface area (Å²) < 4.78 is 57.1. The van der Waals surface area contributed by atoms with Gasteiger partial charge >= 0.3 is 6.18 Å². The number of aliphatic hydroxyl groups excluding tert-OH is 1. The molecule has 164 valence electrons. The molecular weight excluding hydrogens is 422 g/mol. The summed E-state index contributed by atoms with van der Waals surface area (Å²) >= 11 is 0. The van der Waals surface area contributed by atoms with Crippen LogP contribution in [0.25, 0.3) is 11.3 Å². The fourth-order valence-electron chi connectivity index (χ4n) is 2.52. The van der Waals surface area contributed by atoms with Gasteiger partial charge < -0.3 is 15.2 Å². The lowest BCUT2D eigenvalue weighted by atomic mass is 10.1. The summed E-state index contributed by atoms with van der Waals surface area (Å²) in [5, 5.41) is 18.9. The number of hydrogen-bond acceptors (Lipinski definition) is 6. The third-order valence-corrected chi connectivity index (χ3v) is 4.25. The number of carbonyl (C=O) groups excluding carboxylic acids is 1. The van der Waals surface area contributed by atoms with E-state index >= 15 is 0 Å². The van der Waals surface area contributed by atoms with Crippen LogP contribution < -0.4 is 10.1 Å². The van der Waals surface area contributed by atoms with Crippen molar-refractivity contribution in [1.82, 2.24) is 25.3 Å². The molecule has 1 amide bonds. The van der Waals surface area contributed by atoms with Gasteiger partial charge in [-0.25, -0.2) is 14.1 Å². The summed E-state index contributed by atoms with van der Waals surface area (Å²) in [4.78, 5) is 15.8. The maximum Gasteiger partial charge on any atom is 0.416 e. The second-order valence-electron chi connectivity index (χ2n) is 6.46. The maximum atomic E-state index is 13.1. The molecule has 31 heavy (non-hydrogen) atoms. The molecule has 0 aliphatic heterocycles. The van der Waals surface area contributed by atoms with Crippen LogP contribution in [0.1, 0.15) is 16.1 Å². The Labute approximate surface area is 173 Å². The molecular formula is C19H17F4N5O3. The second-order valence-corrected chi connectivity index (χ2v) is 6.46. The zero-order valence-corrected chi connectivity index (χ0v) is 16.1. The SMILES string of the molecule is Cn1nnc(-c2ccc(F)cc2)c1COc1ccc(C(=O)NCC(O)C(F)(F)F)cn1. The van der Waals surface area contributed by atoms with Crippen LogP contribution >= 0.6 is 0 Å². The Bertz CT molecular complexity index is 1040. The van der Waals surface area contributed by atoms with Crippen molar-refractivity contribution in [3.8, 4) is 17.1 Å². The van der Waals surface area contributed by atoms with Gasteiger partial charge in [0, 0.05) is 24.9 Å². The number of halogens is 4. The van der Waals surface area contributed by atoms with E-state index in [1.807, 2.05) is 5.32 Å². The molecule has 0 spiro atoms. The van der Waals surface area contributed by atoms with Crippen molar-refractivity contribution in [3.63, 3.8) is 0 Å². The molecule has 0 fully saturated rings. The predicted octanol–water partition coefficient (Wildman–Crippen LogP) is 2.25. The van der Waals surface area contributed by atoms with Crippen LogP contribution in [0.5, 0.6) is 5.88 Å². The summed E-state index contributed by atoms with van der Waals surface area (Å²) in [6.07, 6.45) is -6.35. The highest BCUT2D eigenvalue weighted by Gasteiger charge is 2.38. The average Bonchev–Trinajstić information content (AvgIpc) is 3.10. The quantitative estimate of drug-likeness (QED) is 0.548. The van der Waals surface area contributed by atoms with Gasteiger partial charge in [0.05, 0.1) is 12.1 Å². The number of ether oxygens (including phenoxy) is 1. The third kappa shape index (κ3) is 5.54. The molecule has 3 aromatic rings. The average molecular weight is 439 g/mol. The largest absolute Gasteiger partial charge is 0.471 e. The highest BCUT2D eigenvalue weighted by molar-refractivity contribution is 5.93. The van der Waals surface area contributed by atoms with E-state index in [4.69, 9.17) is 9.84 Å². The molecule has 1 unspecified atom stereocenters. The lowest BCUT2D eigenvalue weighted by Gasteiger charge is -2.15. The molecule has 3 rings (SSSR count). The summed E-state index contributed by atoms with van der Waals surface area (Å²) in [5.41, 5.74) is 1.74. The van der Waals surface area contributed by atoms with E-state index in [2.05, 4.69) is 15.3 Å². The molecule has 12 heteroatoms. The Morgan fingerprint density at radius 2 is 1.94 bits per heavy atom. The van der Waals surface area contributed by atoms with Crippen molar-refractivity contribution in [2.45, 2.75) is 18.9 Å². The number of aliphatic hydroxyl groups is 1. The number of rotatable bonds is 7. The minimum Gasteiger partial charge on any atom is -0.471 e. The van der Waals surface area contributed by atoms with Crippen LogP contribution in [-0.4, -0.2) is 49.8 Å². The number of pyridine rings is 1. The molecule has 0 aliphatic rings. The molecule has 0 radical (unpaired) electrons. The topological polar surface area (TPSA) is 102 Å². The molecule has 1 aromatic carbocycles. The monoisotopic (exact) mass is 439 g/mol. The van der Waals surface area contributed by atoms with Crippen molar-refractivity contribution in [2.24, 2.45) is 7.05 Å². The molecule has 1 atom stereocenters. The van der Waals surface area contributed by atoms with E-state index in [9.17, 15) is 22.4 Å². The number of nitrogens with zero attached hydrogens (tertiary/aromatic N) is 4. The number of amides is 1. The van der Waals surface area contributed by atoms with Crippen LogP contribution in [0.15, 0.2) is 42.6 Å². The van der Waals surface area contributed by atoms with Crippen molar-refractivity contribution in [3.05, 3.63) is 59.7 Å². The lowest BCUT2D eigenvalue weighted by molar-refractivity contribution is -0.201. The van der Waals surface area contributed by atoms with E-state index in [0.717, 1.165) is 6.20 Å². The highest BCUT2D eigenvalue weighted by Crippen LogP contribution is 2.22. The molecule has 0 bridgehead atoms. The van der Waals surface area contributed by atoms with E-state index in [1.165, 1.54) is 28.9 Å². The normalized spacial score (nSPS) is 12.5. The van der Waals surface area contributed by atoms with Gasteiger partial charge in [0.2, 0.25) is 5.88 Å². The molecule has 8 nitrogen and oxygen atoms in total. The Morgan fingerprint density at radius 1 is 1.23 bits per heavy atom. The first-order chi connectivity index (χ1) is 14.6. The smallest absolute Gasteiger partial charge is 0.416 e.